The molecule has 31 nitrogen and oxygen atoms in total. The third-order valence-electron chi connectivity index (χ3n) is 13.3. The predicted molar refractivity (Wildman–Crippen MR) is 332 cm³/mol. The molecule has 0 spiro atoms. The van der Waals surface area contributed by atoms with Crippen LogP contribution in [0.5, 0.6) is 23.0 Å². The van der Waals surface area contributed by atoms with E-state index in [9.17, 15) is 69.9 Å². The monoisotopic (exact) mass is 1370 g/mol. The second kappa shape index (κ2) is 36.3. The van der Waals surface area contributed by atoms with Gasteiger partial charge in [0.15, 0.2) is 54.2 Å². The summed E-state index contributed by atoms with van der Waals surface area (Å²) in [4.78, 5) is 122. The van der Waals surface area contributed by atoms with Gasteiger partial charge in [0.1, 0.15) is 27.4 Å². The van der Waals surface area contributed by atoms with Gasteiger partial charge in [0.05, 0.1) is 35.7 Å². The van der Waals surface area contributed by atoms with Crippen molar-refractivity contribution in [3.8, 4) is 23.0 Å². The molecule has 0 saturated carbocycles. The number of benzene rings is 4. The maximum absolute atomic E-state index is 13.2. The summed E-state index contributed by atoms with van der Waals surface area (Å²) in [5.74, 6) is -9.26. The summed E-state index contributed by atoms with van der Waals surface area (Å²) in [5.41, 5.74) is 0.338. The number of primary sulfonamides is 2. The molecule has 0 amide bonds. The fourth-order valence-electron chi connectivity index (χ4n) is 8.35. The fraction of sp³-hybridized carbons (Fsp3) is 0.452. The minimum atomic E-state index is -4.42. The van der Waals surface area contributed by atoms with Crippen LogP contribution in [0.15, 0.2) is 94.7 Å². The Morgan fingerprint density at radius 2 is 0.716 bits per heavy atom. The Balaban J connectivity index is 0.000000336. The Morgan fingerprint density at radius 3 is 1.01 bits per heavy atom. The van der Waals surface area contributed by atoms with Gasteiger partial charge in [-0.3, -0.25) is 0 Å². The second-order valence-electron chi connectivity index (χ2n) is 21.0. The number of carboxylic acids is 1. The largest absolute Gasteiger partial charge is 0.478 e. The maximum Gasteiger partial charge on any atom is 0.348 e. The van der Waals surface area contributed by atoms with Crippen molar-refractivity contribution in [3.63, 3.8) is 0 Å². The van der Waals surface area contributed by atoms with Crippen molar-refractivity contribution in [2.45, 2.75) is 154 Å². The quantitative estimate of drug-likeness (QED) is 0.0461. The standard InChI is InChI=1S/C31H38N2O13S.C17H18N2O5S.C14H22O9/c1-6-41-27(34)18(2)42-28(35)19(3)43-29(36)20(4)44-30(37)21(5)45-31(38)22-16-24(33-14-10-11-15-33)26(25(17-22)47(32,39)40)46-23-12-8-7-9-13-23;18-25(22,23)15-11-12(17(20)21)10-14(19-8-4-5-9-19)16(15)24-13-6-2-1-3-7-13;1-6-20-12(17)8(3)22-14(19)10(5)23-13(18)9(4)21-11(16)7(2)15/h7-9,12-13,16-21H,6,10-11,14-15H2,1-5H3,(H2,32,39,40);1-3,6-7,10-11H,4-5,8-9H2,(H,20,21)(H2,18,22,23);7-10,15H,6H2,1-5H3/t18-,19-,20-,21-;;7-,8-,9-,10-/m0.0/s1. The average Bonchev–Trinajstić information content (AvgIpc) is 1.66. The zero-order valence-corrected chi connectivity index (χ0v) is 55.4. The summed E-state index contributed by atoms with van der Waals surface area (Å²) in [6, 6.07) is 22.0. The lowest BCUT2D eigenvalue weighted by Crippen LogP contribution is -2.37. The van der Waals surface area contributed by atoms with E-state index in [0.717, 1.165) is 37.8 Å². The van der Waals surface area contributed by atoms with Crippen molar-refractivity contribution in [3.05, 3.63) is 96.1 Å². The van der Waals surface area contributed by atoms with Crippen LogP contribution in [0.25, 0.3) is 0 Å². The molecule has 2 heterocycles. The Morgan fingerprint density at radius 1 is 0.432 bits per heavy atom. The van der Waals surface area contributed by atoms with E-state index in [4.69, 9.17) is 58.0 Å². The van der Waals surface area contributed by atoms with Gasteiger partial charge < -0.3 is 72.1 Å². The minimum absolute atomic E-state index is 0.0561. The number of hydrogen-bond donors (Lipinski definition) is 4. The number of anilines is 2. The van der Waals surface area contributed by atoms with E-state index in [0.29, 0.717) is 49.1 Å². The van der Waals surface area contributed by atoms with Gasteiger partial charge in [-0.2, -0.15) is 0 Å². The van der Waals surface area contributed by atoms with E-state index in [2.05, 4.69) is 9.47 Å². The number of para-hydroxylation sites is 2. The number of hydrogen-bond acceptors (Lipinski definition) is 28. The zero-order chi connectivity index (χ0) is 71.1. The molecular formula is C62H78N4O27S2. The topological polar surface area (TPSA) is 439 Å². The van der Waals surface area contributed by atoms with Crippen molar-refractivity contribution < 1.29 is 127 Å². The van der Waals surface area contributed by atoms with Gasteiger partial charge in [-0.25, -0.2) is 75.1 Å². The number of carbonyl (C=O) groups excluding carboxylic acids is 9. The van der Waals surface area contributed by atoms with Gasteiger partial charge in [-0.05, 0) is 143 Å². The van der Waals surface area contributed by atoms with Gasteiger partial charge in [0.25, 0.3) is 0 Å². The summed E-state index contributed by atoms with van der Waals surface area (Å²) in [6.45, 7) is 15.7. The zero-order valence-electron chi connectivity index (χ0n) is 53.7. The Kier molecular flexibility index (Phi) is 29.8. The Bertz CT molecular complexity index is 3600. The molecule has 6 rings (SSSR count). The van der Waals surface area contributed by atoms with Crippen LogP contribution >= 0.6 is 0 Å². The molecule has 0 radical (unpaired) electrons. The third-order valence-corrected chi connectivity index (χ3v) is 15.1. The van der Waals surface area contributed by atoms with Crippen LogP contribution in [0, 0.1) is 0 Å². The number of carbonyl (C=O) groups is 10. The van der Waals surface area contributed by atoms with Crippen LogP contribution in [0.1, 0.15) is 116 Å². The smallest absolute Gasteiger partial charge is 0.348 e. The van der Waals surface area contributed by atoms with E-state index in [1.807, 2.05) is 15.9 Å². The van der Waals surface area contributed by atoms with Crippen LogP contribution in [0.2, 0.25) is 0 Å². The molecule has 520 valence electrons. The van der Waals surface area contributed by atoms with E-state index in [-0.39, 0.29) is 40.7 Å². The summed E-state index contributed by atoms with van der Waals surface area (Å²) in [6.07, 6.45) is -7.43. The minimum Gasteiger partial charge on any atom is -0.478 e. The van der Waals surface area contributed by atoms with E-state index < -0.39 is 133 Å². The van der Waals surface area contributed by atoms with E-state index in [1.54, 1.807) is 68.4 Å². The number of carboxylic acid groups (broad SMARTS) is 1. The molecule has 2 aliphatic rings. The predicted octanol–water partition coefficient (Wildman–Crippen LogP) is 4.78. The van der Waals surface area contributed by atoms with Gasteiger partial charge in [-0.15, -0.1) is 0 Å². The molecule has 0 unspecified atom stereocenters. The molecule has 2 saturated heterocycles. The second-order valence-corrected chi connectivity index (χ2v) is 24.0. The molecule has 0 aliphatic carbocycles. The SMILES string of the molecule is CCOC(=O)[C@H](C)OC(=O)[C@H](C)OC(=O)[C@H](C)OC(=O)[C@H](C)O.CCOC(=O)[C@H](C)OC(=O)[C@H](C)OC(=O)[C@H](C)OC(=O)[C@H](C)OC(=O)c1cc(N2CCCC2)c(Oc2ccccc2)c(S(N)(=O)=O)c1.NS(=O)(=O)c1cc(C(=O)O)cc(N2CCCC2)c1Oc1ccccc1. The van der Waals surface area contributed by atoms with E-state index >= 15 is 0 Å². The molecule has 4 aromatic carbocycles. The first-order valence-corrected chi connectivity index (χ1v) is 32.7. The molecule has 2 aliphatic heterocycles. The van der Waals surface area contributed by atoms with Crippen molar-refractivity contribution >= 4 is 91.1 Å². The molecule has 0 bridgehead atoms. The number of ether oxygens (including phenoxy) is 11. The van der Waals surface area contributed by atoms with Crippen molar-refractivity contribution in [1.29, 1.82) is 0 Å². The number of nitrogens with two attached hydrogens (primary N) is 2. The molecule has 33 heteroatoms. The van der Waals surface area contributed by atoms with Gasteiger partial charge in [0, 0.05) is 26.2 Å². The highest BCUT2D eigenvalue weighted by atomic mass is 32.2. The van der Waals surface area contributed by atoms with Crippen molar-refractivity contribution in [2.75, 3.05) is 49.2 Å². The highest BCUT2D eigenvalue weighted by Crippen LogP contribution is 2.42. The molecular weight excluding hydrogens is 1300 g/mol. The highest BCUT2D eigenvalue weighted by Gasteiger charge is 2.34. The molecule has 95 heavy (non-hydrogen) atoms. The fourth-order valence-corrected chi connectivity index (χ4v) is 9.74. The lowest BCUT2D eigenvalue weighted by molar-refractivity contribution is -0.183. The van der Waals surface area contributed by atoms with Crippen molar-refractivity contribution in [1.82, 2.24) is 0 Å². The van der Waals surface area contributed by atoms with E-state index in [1.165, 1.54) is 67.5 Å². The number of rotatable bonds is 27. The van der Waals surface area contributed by atoms with Crippen LogP contribution in [-0.4, -0.2) is 175 Å². The third kappa shape index (κ3) is 24.1. The van der Waals surface area contributed by atoms with Gasteiger partial charge >= 0.3 is 59.7 Å². The number of nitrogens with zero attached hydrogens (tertiary/aromatic N) is 2. The van der Waals surface area contributed by atoms with Crippen molar-refractivity contribution in [2.24, 2.45) is 10.3 Å². The molecule has 8 atom stereocenters. The van der Waals surface area contributed by atoms with Gasteiger partial charge in [-0.1, -0.05) is 36.4 Å². The first-order chi connectivity index (χ1) is 44.6. The van der Waals surface area contributed by atoms with Crippen LogP contribution in [0.3, 0.4) is 0 Å². The number of aliphatic hydroxyl groups is 1. The first kappa shape index (κ1) is 78.0. The molecule has 6 N–H and O–H groups in total. The summed E-state index contributed by atoms with van der Waals surface area (Å²) < 4.78 is 105. The van der Waals surface area contributed by atoms with Crippen LogP contribution in [-0.2, 0) is 101 Å². The lowest BCUT2D eigenvalue weighted by atomic mass is 10.1. The number of esters is 9. The Hall–Kier alpha value is -9.44. The lowest BCUT2D eigenvalue weighted by Gasteiger charge is -2.24. The average molecular weight is 1380 g/mol. The van der Waals surface area contributed by atoms with Crippen LogP contribution in [0.4, 0.5) is 11.4 Å². The Labute approximate surface area is 548 Å². The van der Waals surface area contributed by atoms with Crippen LogP contribution < -0.4 is 29.6 Å². The summed E-state index contributed by atoms with van der Waals surface area (Å²) in [5, 5.41) is 29.2. The molecule has 4 aromatic rings. The first-order valence-electron chi connectivity index (χ1n) is 29.6. The number of aromatic carboxylic acids is 1. The summed E-state index contributed by atoms with van der Waals surface area (Å²) >= 11 is 0. The molecule has 2 fully saturated rings. The highest BCUT2D eigenvalue weighted by molar-refractivity contribution is 7.89. The molecule has 0 aromatic heterocycles. The summed E-state index contributed by atoms with van der Waals surface area (Å²) in [7, 11) is -8.60. The normalized spacial score (nSPS) is 15.2. The van der Waals surface area contributed by atoms with Gasteiger partial charge in [0.2, 0.25) is 20.0 Å². The number of sulfonamides is 2. The maximum atomic E-state index is 13.2. The number of aliphatic hydroxyl groups excluding tert-OH is 1.